The average Bonchev–Trinajstić information content (AvgIpc) is 3.32. The Morgan fingerprint density at radius 3 is 2.68 bits per heavy atom. The van der Waals surface area contributed by atoms with Gasteiger partial charge in [0.05, 0.1) is 42.6 Å². The molecule has 178 valence electrons. The second-order valence-corrected chi connectivity index (χ2v) is 9.37. The highest BCUT2D eigenvalue weighted by Gasteiger charge is 2.41. The van der Waals surface area contributed by atoms with Gasteiger partial charge in [0.2, 0.25) is 5.91 Å². The molecule has 1 fully saturated rings. The quantitative estimate of drug-likeness (QED) is 0.554. The zero-order valence-corrected chi connectivity index (χ0v) is 19.8. The maximum Gasteiger partial charge on any atom is 0.414 e. The Balaban J connectivity index is 1.45. The van der Waals surface area contributed by atoms with Gasteiger partial charge in [0.15, 0.2) is 0 Å². The summed E-state index contributed by atoms with van der Waals surface area (Å²) in [7, 11) is 0. The molecule has 9 heteroatoms. The van der Waals surface area contributed by atoms with Crippen LogP contribution in [0.25, 0.3) is 11.1 Å². The van der Waals surface area contributed by atoms with Gasteiger partial charge < -0.3 is 14.2 Å². The third-order valence-corrected chi connectivity index (χ3v) is 6.25. The lowest BCUT2D eigenvalue weighted by molar-refractivity contribution is -0.120. The van der Waals surface area contributed by atoms with Gasteiger partial charge in [-0.15, -0.1) is 0 Å². The van der Waals surface area contributed by atoms with Crippen molar-refractivity contribution in [3.8, 4) is 11.1 Å². The summed E-state index contributed by atoms with van der Waals surface area (Å²) in [5.41, 5.74) is 3.33. The third-order valence-electron chi connectivity index (χ3n) is 6.25. The number of hydrogen-bond acceptors (Lipinski definition) is 5. The second-order valence-electron chi connectivity index (χ2n) is 9.37. The largest absolute Gasteiger partial charge is 0.446 e. The minimum atomic E-state index is -0.394. The molecule has 1 aliphatic heterocycles. The molecule has 0 unspecified atom stereocenters. The number of amides is 2. The van der Waals surface area contributed by atoms with Gasteiger partial charge in [-0.05, 0) is 51.3 Å². The summed E-state index contributed by atoms with van der Waals surface area (Å²) in [6.07, 6.45) is 10.5. The molecule has 1 saturated carbocycles. The predicted molar refractivity (Wildman–Crippen MR) is 129 cm³/mol. The van der Waals surface area contributed by atoms with E-state index < -0.39 is 6.09 Å². The Labute approximate surface area is 198 Å². The molecule has 1 aliphatic carbocycles. The van der Waals surface area contributed by atoms with Crippen molar-refractivity contribution >= 4 is 23.4 Å². The number of anilines is 2. The number of imidazole rings is 1. The first kappa shape index (κ1) is 22.2. The fourth-order valence-electron chi connectivity index (χ4n) is 4.38. The monoisotopic (exact) mass is 462 g/mol. The van der Waals surface area contributed by atoms with E-state index in [9.17, 15) is 9.59 Å². The van der Waals surface area contributed by atoms with Gasteiger partial charge in [-0.25, -0.2) is 9.78 Å². The highest BCUT2D eigenvalue weighted by atomic mass is 16.6. The molecule has 0 spiro atoms. The molecule has 0 bridgehead atoms. The van der Waals surface area contributed by atoms with Crippen LogP contribution in [0.5, 0.6) is 0 Å². The van der Waals surface area contributed by atoms with Crippen LogP contribution in [-0.2, 0) is 22.6 Å². The number of aryl methyl sites for hydroxylation is 2. The molecule has 0 N–H and O–H groups in total. The van der Waals surface area contributed by atoms with E-state index in [0.29, 0.717) is 12.2 Å². The summed E-state index contributed by atoms with van der Waals surface area (Å²) >= 11 is 0. The maximum absolute atomic E-state index is 13.1. The Morgan fingerprint density at radius 2 is 1.97 bits per heavy atom. The van der Waals surface area contributed by atoms with Crippen LogP contribution in [0.1, 0.15) is 33.6 Å². The summed E-state index contributed by atoms with van der Waals surface area (Å²) in [4.78, 5) is 33.6. The van der Waals surface area contributed by atoms with Crippen LogP contribution in [0.15, 0.2) is 49.3 Å². The first-order valence-electron chi connectivity index (χ1n) is 11.8. The standard InChI is InChI=1S/C25H30N6O3/c1-17(2)34-25(33)30-14-18(3)31(24(32)19-4-5-19)22-7-6-20(12-23(22)30)21-13-27-29(15-21)11-10-28-9-8-26-16-28/h6-9,12-13,15-19H,4-5,10-11,14H2,1-3H3/t18-/m0/s1. The normalized spacial score (nSPS) is 17.7. The van der Waals surface area contributed by atoms with Crippen molar-refractivity contribution in [3.63, 3.8) is 0 Å². The van der Waals surface area contributed by atoms with Crippen molar-refractivity contribution in [3.05, 3.63) is 49.3 Å². The Morgan fingerprint density at radius 1 is 1.15 bits per heavy atom. The molecular formula is C25H30N6O3. The summed E-state index contributed by atoms with van der Waals surface area (Å²) in [6, 6.07) is 5.77. The zero-order valence-electron chi connectivity index (χ0n) is 19.8. The molecule has 3 aromatic rings. The molecule has 2 amide bonds. The van der Waals surface area contributed by atoms with Crippen molar-refractivity contribution in [2.24, 2.45) is 5.92 Å². The van der Waals surface area contributed by atoms with E-state index in [4.69, 9.17) is 4.74 Å². The minimum absolute atomic E-state index is 0.0953. The molecule has 9 nitrogen and oxygen atoms in total. The van der Waals surface area contributed by atoms with Crippen molar-refractivity contribution in [1.29, 1.82) is 0 Å². The number of carbonyl (C=O) groups is 2. The lowest BCUT2D eigenvalue weighted by Crippen LogP contribution is -2.52. The van der Waals surface area contributed by atoms with Crippen LogP contribution < -0.4 is 9.80 Å². The van der Waals surface area contributed by atoms with E-state index in [0.717, 1.165) is 42.7 Å². The summed E-state index contributed by atoms with van der Waals surface area (Å²) in [5, 5.41) is 4.50. The van der Waals surface area contributed by atoms with Crippen molar-refractivity contribution < 1.29 is 14.3 Å². The van der Waals surface area contributed by atoms with Crippen LogP contribution in [0.3, 0.4) is 0 Å². The molecular weight excluding hydrogens is 432 g/mol. The van der Waals surface area contributed by atoms with Crippen LogP contribution in [-0.4, -0.2) is 50.0 Å². The molecule has 3 heterocycles. The fourth-order valence-corrected chi connectivity index (χ4v) is 4.38. The topological polar surface area (TPSA) is 85.5 Å². The first-order chi connectivity index (χ1) is 16.4. The smallest absolute Gasteiger partial charge is 0.414 e. The molecule has 1 atom stereocenters. The highest BCUT2D eigenvalue weighted by molar-refractivity contribution is 6.05. The molecule has 1 aromatic carbocycles. The second kappa shape index (κ2) is 8.96. The van der Waals surface area contributed by atoms with Gasteiger partial charge in [0.25, 0.3) is 0 Å². The molecule has 2 aliphatic rings. The molecule has 34 heavy (non-hydrogen) atoms. The average molecular weight is 463 g/mol. The van der Waals surface area contributed by atoms with E-state index in [2.05, 4.69) is 10.1 Å². The van der Waals surface area contributed by atoms with E-state index in [-0.39, 0.29) is 24.0 Å². The number of nitrogens with zero attached hydrogens (tertiary/aromatic N) is 6. The van der Waals surface area contributed by atoms with E-state index in [1.165, 1.54) is 0 Å². The zero-order chi connectivity index (χ0) is 23.8. The molecule has 0 saturated heterocycles. The van der Waals surface area contributed by atoms with Crippen molar-refractivity contribution in [1.82, 2.24) is 19.3 Å². The lowest BCUT2D eigenvalue weighted by Gasteiger charge is -2.41. The number of aromatic nitrogens is 4. The van der Waals surface area contributed by atoms with Crippen LogP contribution >= 0.6 is 0 Å². The van der Waals surface area contributed by atoms with E-state index >= 15 is 0 Å². The molecule has 5 rings (SSSR count). The lowest BCUT2D eigenvalue weighted by atomic mass is 10.0. The number of fused-ring (bicyclic) bond motifs is 1. The minimum Gasteiger partial charge on any atom is -0.446 e. The number of carbonyl (C=O) groups excluding carboxylic acids is 2. The van der Waals surface area contributed by atoms with Gasteiger partial charge in [-0.2, -0.15) is 5.10 Å². The summed E-state index contributed by atoms with van der Waals surface area (Å²) in [5.74, 6) is 0.239. The van der Waals surface area contributed by atoms with Gasteiger partial charge in [0, 0.05) is 43.2 Å². The van der Waals surface area contributed by atoms with Gasteiger partial charge in [-0.1, -0.05) is 6.07 Å². The number of rotatable bonds is 6. The number of benzene rings is 1. The third kappa shape index (κ3) is 4.42. The molecule has 2 aromatic heterocycles. The van der Waals surface area contributed by atoms with Gasteiger partial charge in [-0.3, -0.25) is 14.4 Å². The van der Waals surface area contributed by atoms with E-state index in [1.54, 1.807) is 17.4 Å². The van der Waals surface area contributed by atoms with Crippen LogP contribution in [0.4, 0.5) is 16.2 Å². The van der Waals surface area contributed by atoms with Crippen LogP contribution in [0, 0.1) is 5.92 Å². The Hall–Kier alpha value is -3.62. The SMILES string of the molecule is CC(C)OC(=O)N1C[C@H](C)N(C(=O)C2CC2)c2ccc(-c3cnn(CCn4ccnc4)c3)cc21. The predicted octanol–water partition coefficient (Wildman–Crippen LogP) is 3.94. The summed E-state index contributed by atoms with van der Waals surface area (Å²) in [6.45, 7) is 7.54. The van der Waals surface area contributed by atoms with Gasteiger partial charge >= 0.3 is 6.09 Å². The number of hydrogen-bond donors (Lipinski definition) is 0. The Bertz CT molecular complexity index is 1180. The molecule has 0 radical (unpaired) electrons. The van der Waals surface area contributed by atoms with Gasteiger partial charge in [0.1, 0.15) is 0 Å². The summed E-state index contributed by atoms with van der Waals surface area (Å²) < 4.78 is 9.43. The number of ether oxygens (including phenoxy) is 1. The van der Waals surface area contributed by atoms with E-state index in [1.807, 2.05) is 71.7 Å². The van der Waals surface area contributed by atoms with Crippen LogP contribution in [0.2, 0.25) is 0 Å². The highest BCUT2D eigenvalue weighted by Crippen LogP contribution is 2.42. The van der Waals surface area contributed by atoms with Crippen molar-refractivity contribution in [2.45, 2.75) is 58.8 Å². The first-order valence-corrected chi connectivity index (χ1v) is 11.8. The fraction of sp³-hybridized carbons (Fsp3) is 0.440. The Kier molecular flexibility index (Phi) is 5.85. The maximum atomic E-state index is 13.1. The van der Waals surface area contributed by atoms with Crippen molar-refractivity contribution in [2.75, 3.05) is 16.3 Å².